The highest BCUT2D eigenvalue weighted by Crippen LogP contribution is 2.25. The molecule has 0 aliphatic carbocycles. The Morgan fingerprint density at radius 1 is 1.07 bits per heavy atom. The van der Waals surface area contributed by atoms with Gasteiger partial charge in [-0.1, -0.05) is 24.3 Å². The van der Waals surface area contributed by atoms with Gasteiger partial charge < -0.3 is 14.0 Å². The van der Waals surface area contributed by atoms with Crippen molar-refractivity contribution in [3.63, 3.8) is 0 Å². The van der Waals surface area contributed by atoms with E-state index in [1.165, 1.54) is 44.0 Å². The molecule has 0 spiro atoms. The number of nitrogens with zero attached hydrogens (tertiary/aromatic N) is 3. The van der Waals surface area contributed by atoms with Crippen LogP contribution < -0.4 is 9.47 Å². The van der Waals surface area contributed by atoms with Crippen LogP contribution >= 0.6 is 0 Å². The minimum absolute atomic E-state index is 0.100. The van der Waals surface area contributed by atoms with Gasteiger partial charge in [-0.2, -0.15) is 0 Å². The fourth-order valence-corrected chi connectivity index (χ4v) is 2.57. The number of benzene rings is 2. The van der Waals surface area contributed by atoms with Gasteiger partial charge in [0.15, 0.2) is 5.78 Å². The zero-order chi connectivity index (χ0) is 20.9. The molecule has 0 fully saturated rings. The first-order valence-electron chi connectivity index (χ1n) is 8.41. The summed E-state index contributed by atoms with van der Waals surface area (Å²) in [6.45, 7) is 0.100. The van der Waals surface area contributed by atoms with E-state index in [0.717, 1.165) is 0 Å². The third kappa shape index (κ3) is 5.68. The molecule has 0 N–H and O–H groups in total. The van der Waals surface area contributed by atoms with Crippen molar-refractivity contribution in [2.75, 3.05) is 7.11 Å². The summed E-state index contributed by atoms with van der Waals surface area (Å²) in [6.07, 6.45) is 1.59. The average Bonchev–Trinajstić information content (AvgIpc) is 3.19. The second kappa shape index (κ2) is 8.59. The molecule has 0 aliphatic heterocycles. The van der Waals surface area contributed by atoms with Gasteiger partial charge in [-0.15, -0.1) is 23.4 Å². The number of ether oxygens (including phenoxy) is 2. The number of carbonyl (C=O) groups excluding carboxylic acids is 1. The fourth-order valence-electron chi connectivity index (χ4n) is 2.57. The number of rotatable bonds is 7. The van der Waals surface area contributed by atoms with Gasteiger partial charge in [0, 0.05) is 11.1 Å². The molecule has 0 atom stereocenters. The third-order valence-electron chi connectivity index (χ3n) is 3.91. The number of hydrogen-bond acceptors (Lipinski definition) is 5. The zero-order valence-electron chi connectivity index (χ0n) is 15.3. The highest BCUT2D eigenvalue weighted by atomic mass is 19.4. The van der Waals surface area contributed by atoms with Crippen LogP contribution in [0.5, 0.6) is 11.5 Å². The van der Waals surface area contributed by atoms with E-state index in [-0.39, 0.29) is 18.1 Å². The first-order valence-corrected chi connectivity index (χ1v) is 8.41. The standard InChI is InChI=1S/C20H16F3N3O3/c1-28-19-9-6-15(18(27)11-26-12-24-25-13-26)10-16(19)5-2-14-3-7-17(8-4-14)29-20(21,22)23/h2-10,12-13H,11H2,1H3/b5-2+. The van der Waals surface area contributed by atoms with E-state index in [2.05, 4.69) is 14.9 Å². The Morgan fingerprint density at radius 3 is 2.38 bits per heavy atom. The molecular weight excluding hydrogens is 387 g/mol. The summed E-state index contributed by atoms with van der Waals surface area (Å²) >= 11 is 0. The molecular formula is C20H16F3N3O3. The van der Waals surface area contributed by atoms with Crippen LogP contribution in [0.1, 0.15) is 21.5 Å². The van der Waals surface area contributed by atoms with Gasteiger partial charge in [0.25, 0.3) is 0 Å². The molecule has 9 heteroatoms. The molecule has 3 aromatic rings. The van der Waals surface area contributed by atoms with E-state index in [9.17, 15) is 18.0 Å². The quantitative estimate of drug-likeness (QED) is 0.436. The summed E-state index contributed by atoms with van der Waals surface area (Å²) in [5.74, 6) is 0.128. The molecule has 0 aliphatic rings. The molecule has 29 heavy (non-hydrogen) atoms. The van der Waals surface area contributed by atoms with E-state index in [1.807, 2.05) is 0 Å². The van der Waals surface area contributed by atoms with Gasteiger partial charge >= 0.3 is 6.36 Å². The summed E-state index contributed by atoms with van der Waals surface area (Å²) in [7, 11) is 1.51. The summed E-state index contributed by atoms with van der Waals surface area (Å²) in [4.78, 5) is 12.4. The van der Waals surface area contributed by atoms with Crippen molar-refractivity contribution in [1.29, 1.82) is 0 Å². The van der Waals surface area contributed by atoms with Gasteiger partial charge in [-0.3, -0.25) is 4.79 Å². The largest absolute Gasteiger partial charge is 0.573 e. The smallest absolute Gasteiger partial charge is 0.496 e. The SMILES string of the molecule is COc1ccc(C(=O)Cn2cnnc2)cc1/C=C/c1ccc(OC(F)(F)F)cc1. The Hall–Kier alpha value is -3.62. The lowest BCUT2D eigenvalue weighted by atomic mass is 10.0. The number of methoxy groups -OCH3 is 1. The number of carbonyl (C=O) groups is 1. The number of alkyl halides is 3. The molecule has 6 nitrogen and oxygen atoms in total. The van der Waals surface area contributed by atoms with Crippen molar-refractivity contribution < 1.29 is 27.4 Å². The number of Topliss-reactive ketones (excluding diaryl/α,β-unsaturated/α-hetero) is 1. The van der Waals surface area contributed by atoms with Crippen LogP contribution in [-0.2, 0) is 6.54 Å². The van der Waals surface area contributed by atoms with Crippen LogP contribution in [0.25, 0.3) is 12.2 Å². The number of halogens is 3. The predicted octanol–water partition coefficient (Wildman–Crippen LogP) is 4.24. The zero-order valence-corrected chi connectivity index (χ0v) is 15.3. The van der Waals surface area contributed by atoms with Crippen molar-refractivity contribution in [1.82, 2.24) is 14.8 Å². The maximum atomic E-state index is 12.4. The maximum Gasteiger partial charge on any atom is 0.573 e. The predicted molar refractivity (Wildman–Crippen MR) is 99.4 cm³/mol. The molecule has 0 radical (unpaired) electrons. The molecule has 2 aromatic carbocycles. The molecule has 1 aromatic heterocycles. The third-order valence-corrected chi connectivity index (χ3v) is 3.91. The summed E-state index contributed by atoms with van der Waals surface area (Å²) < 4.78 is 47.4. The number of aromatic nitrogens is 3. The molecule has 0 saturated heterocycles. The van der Waals surface area contributed by atoms with Gasteiger partial charge in [-0.25, -0.2) is 0 Å². The average molecular weight is 403 g/mol. The lowest BCUT2D eigenvalue weighted by Crippen LogP contribution is -2.16. The molecule has 0 unspecified atom stereocenters. The molecule has 150 valence electrons. The first-order chi connectivity index (χ1) is 13.8. The molecule has 0 saturated carbocycles. The summed E-state index contributed by atoms with van der Waals surface area (Å²) in [5, 5.41) is 7.32. The molecule has 1 heterocycles. The lowest BCUT2D eigenvalue weighted by Gasteiger charge is -2.09. The van der Waals surface area contributed by atoms with Crippen LogP contribution in [0, 0.1) is 0 Å². The second-order valence-electron chi connectivity index (χ2n) is 5.96. The Balaban J connectivity index is 1.77. The van der Waals surface area contributed by atoms with Gasteiger partial charge in [0.2, 0.25) is 0 Å². The molecule has 0 bridgehead atoms. The lowest BCUT2D eigenvalue weighted by molar-refractivity contribution is -0.274. The van der Waals surface area contributed by atoms with Crippen LogP contribution in [0.2, 0.25) is 0 Å². The van der Waals surface area contributed by atoms with E-state index < -0.39 is 6.36 Å². The first kappa shape index (κ1) is 20.1. The van der Waals surface area contributed by atoms with Crippen LogP contribution in [-0.4, -0.2) is 34.0 Å². The topological polar surface area (TPSA) is 66.2 Å². The normalized spacial score (nSPS) is 11.6. The van der Waals surface area contributed by atoms with Crippen molar-refractivity contribution in [3.8, 4) is 11.5 Å². The van der Waals surface area contributed by atoms with E-state index in [1.54, 1.807) is 34.9 Å². The van der Waals surface area contributed by atoms with Crippen molar-refractivity contribution in [2.45, 2.75) is 12.9 Å². The van der Waals surface area contributed by atoms with E-state index in [0.29, 0.717) is 22.4 Å². The van der Waals surface area contributed by atoms with Gasteiger partial charge in [0.1, 0.15) is 24.2 Å². The Morgan fingerprint density at radius 2 is 1.76 bits per heavy atom. The highest BCUT2D eigenvalue weighted by molar-refractivity contribution is 5.97. The highest BCUT2D eigenvalue weighted by Gasteiger charge is 2.30. The second-order valence-corrected chi connectivity index (χ2v) is 5.96. The summed E-state index contributed by atoms with van der Waals surface area (Å²) in [6, 6.07) is 10.5. The minimum atomic E-state index is -4.73. The van der Waals surface area contributed by atoms with Crippen LogP contribution in [0.3, 0.4) is 0 Å². The van der Waals surface area contributed by atoms with Crippen molar-refractivity contribution in [3.05, 3.63) is 71.8 Å². The maximum absolute atomic E-state index is 12.4. The van der Waals surface area contributed by atoms with E-state index >= 15 is 0 Å². The van der Waals surface area contributed by atoms with E-state index in [4.69, 9.17) is 4.74 Å². The fraction of sp³-hybridized carbons (Fsp3) is 0.150. The van der Waals surface area contributed by atoms with Crippen LogP contribution in [0.15, 0.2) is 55.1 Å². The number of hydrogen-bond donors (Lipinski definition) is 0. The Bertz CT molecular complexity index is 998. The van der Waals surface area contributed by atoms with Crippen molar-refractivity contribution >= 4 is 17.9 Å². The number of ketones is 1. The van der Waals surface area contributed by atoms with Crippen LogP contribution in [0.4, 0.5) is 13.2 Å². The molecule has 3 rings (SSSR count). The van der Waals surface area contributed by atoms with Gasteiger partial charge in [-0.05, 0) is 35.9 Å². The van der Waals surface area contributed by atoms with Gasteiger partial charge in [0.05, 0.1) is 13.7 Å². The Kier molecular flexibility index (Phi) is 5.96. The Labute approximate surface area is 164 Å². The monoisotopic (exact) mass is 403 g/mol. The van der Waals surface area contributed by atoms with Crippen molar-refractivity contribution in [2.24, 2.45) is 0 Å². The molecule has 0 amide bonds. The minimum Gasteiger partial charge on any atom is -0.496 e. The summed E-state index contributed by atoms with van der Waals surface area (Å²) in [5.41, 5.74) is 1.79.